The summed E-state index contributed by atoms with van der Waals surface area (Å²) in [7, 11) is 0. The maximum Gasteiger partial charge on any atom is 0.0146 e. The van der Waals surface area contributed by atoms with Crippen LogP contribution in [0.3, 0.4) is 0 Å². The quantitative estimate of drug-likeness (QED) is 0.515. The first-order chi connectivity index (χ1) is 5.90. The summed E-state index contributed by atoms with van der Waals surface area (Å²) in [5, 5.41) is 1.02. The second-order valence-electron chi connectivity index (χ2n) is 4.05. The van der Waals surface area contributed by atoms with Crippen molar-refractivity contribution in [2.24, 2.45) is 5.92 Å². The molecular formula is C11H18S. The number of allylic oxidation sites excluding steroid dienone is 1. The molecule has 2 fully saturated rings. The zero-order chi connectivity index (χ0) is 8.39. The van der Waals surface area contributed by atoms with Crippen LogP contribution in [-0.4, -0.2) is 11.0 Å². The summed E-state index contributed by atoms with van der Waals surface area (Å²) in [4.78, 5) is 0. The Morgan fingerprint density at radius 1 is 1.33 bits per heavy atom. The summed E-state index contributed by atoms with van der Waals surface area (Å²) >= 11 is 2.21. The van der Waals surface area contributed by atoms with Crippen LogP contribution in [0.5, 0.6) is 0 Å². The smallest absolute Gasteiger partial charge is 0.0146 e. The number of hydrogen-bond donors (Lipinski definition) is 0. The first-order valence-electron chi connectivity index (χ1n) is 5.16. The van der Waals surface area contributed by atoms with Crippen LogP contribution < -0.4 is 0 Å². The van der Waals surface area contributed by atoms with Crippen molar-refractivity contribution < 1.29 is 0 Å². The summed E-state index contributed by atoms with van der Waals surface area (Å²) in [6.45, 7) is 2.19. The van der Waals surface area contributed by atoms with Crippen molar-refractivity contribution in [3.63, 3.8) is 0 Å². The Morgan fingerprint density at radius 2 is 2.17 bits per heavy atom. The lowest BCUT2D eigenvalue weighted by molar-refractivity contribution is 0.362. The number of rotatable bonds is 0. The average Bonchev–Trinajstić information content (AvgIpc) is 2.17. The number of thioether (sulfide) groups is 1. The van der Waals surface area contributed by atoms with Crippen LogP contribution in [0, 0.1) is 5.92 Å². The minimum Gasteiger partial charge on any atom is -0.154 e. The van der Waals surface area contributed by atoms with E-state index in [1.807, 2.05) is 0 Å². The van der Waals surface area contributed by atoms with Crippen LogP contribution in [-0.2, 0) is 0 Å². The molecule has 1 aliphatic heterocycles. The van der Waals surface area contributed by atoms with Crippen molar-refractivity contribution >= 4 is 11.8 Å². The SMILES string of the molecule is C/C=C1/CSC2CCCCC2C1. The zero-order valence-corrected chi connectivity index (χ0v) is 8.70. The molecule has 0 radical (unpaired) electrons. The Bertz CT molecular complexity index is 183. The molecule has 0 nitrogen and oxygen atoms in total. The van der Waals surface area contributed by atoms with Gasteiger partial charge in [0.15, 0.2) is 0 Å². The molecule has 1 saturated heterocycles. The van der Waals surface area contributed by atoms with E-state index in [0.29, 0.717) is 0 Å². The van der Waals surface area contributed by atoms with Gasteiger partial charge >= 0.3 is 0 Å². The second-order valence-corrected chi connectivity index (χ2v) is 5.27. The molecule has 0 spiro atoms. The molecule has 12 heavy (non-hydrogen) atoms. The molecule has 0 N–H and O–H groups in total. The van der Waals surface area contributed by atoms with Crippen molar-refractivity contribution in [1.29, 1.82) is 0 Å². The highest BCUT2D eigenvalue weighted by atomic mass is 32.2. The van der Waals surface area contributed by atoms with E-state index in [-0.39, 0.29) is 0 Å². The summed E-state index contributed by atoms with van der Waals surface area (Å²) in [5.74, 6) is 2.35. The minimum atomic E-state index is 1.02. The van der Waals surface area contributed by atoms with Gasteiger partial charge in [0.2, 0.25) is 0 Å². The Kier molecular flexibility index (Phi) is 2.80. The number of fused-ring (bicyclic) bond motifs is 1. The van der Waals surface area contributed by atoms with E-state index >= 15 is 0 Å². The normalized spacial score (nSPS) is 39.6. The third kappa shape index (κ3) is 1.71. The van der Waals surface area contributed by atoms with Crippen LogP contribution >= 0.6 is 11.8 Å². The predicted molar refractivity (Wildman–Crippen MR) is 56.6 cm³/mol. The summed E-state index contributed by atoms with van der Waals surface area (Å²) in [5.41, 5.74) is 1.70. The minimum absolute atomic E-state index is 1.02. The van der Waals surface area contributed by atoms with Crippen LogP contribution in [0.25, 0.3) is 0 Å². The Balaban J connectivity index is 1.98. The molecule has 1 heteroatoms. The molecule has 0 amide bonds. The molecule has 1 aliphatic carbocycles. The van der Waals surface area contributed by atoms with Gasteiger partial charge in [-0.3, -0.25) is 0 Å². The maximum absolute atomic E-state index is 2.33. The first-order valence-corrected chi connectivity index (χ1v) is 6.20. The molecule has 1 heterocycles. The molecule has 2 atom stereocenters. The van der Waals surface area contributed by atoms with Crippen LogP contribution in [0.4, 0.5) is 0 Å². The molecule has 0 aromatic carbocycles. The van der Waals surface area contributed by atoms with Gasteiger partial charge in [-0.1, -0.05) is 24.5 Å². The summed E-state index contributed by atoms with van der Waals surface area (Å²) in [6, 6.07) is 0. The van der Waals surface area contributed by atoms with Gasteiger partial charge in [0.25, 0.3) is 0 Å². The number of hydrogen-bond acceptors (Lipinski definition) is 1. The fourth-order valence-electron chi connectivity index (χ4n) is 2.44. The largest absolute Gasteiger partial charge is 0.154 e. The van der Waals surface area contributed by atoms with Gasteiger partial charge in [-0.05, 0) is 32.1 Å². The van der Waals surface area contributed by atoms with E-state index < -0.39 is 0 Å². The third-order valence-electron chi connectivity index (χ3n) is 3.25. The lowest BCUT2D eigenvalue weighted by Gasteiger charge is -2.36. The van der Waals surface area contributed by atoms with Gasteiger partial charge in [0.1, 0.15) is 0 Å². The van der Waals surface area contributed by atoms with Gasteiger partial charge in [-0.15, -0.1) is 0 Å². The zero-order valence-electron chi connectivity index (χ0n) is 7.88. The van der Waals surface area contributed by atoms with E-state index in [4.69, 9.17) is 0 Å². The fraction of sp³-hybridized carbons (Fsp3) is 0.818. The highest BCUT2D eigenvalue weighted by Gasteiger charge is 2.29. The first kappa shape index (κ1) is 8.68. The maximum atomic E-state index is 2.33. The molecule has 68 valence electrons. The predicted octanol–water partition coefficient (Wildman–Crippen LogP) is 3.63. The fourth-order valence-corrected chi connectivity index (χ4v) is 3.99. The highest BCUT2D eigenvalue weighted by Crippen LogP contribution is 2.42. The molecule has 0 aromatic heterocycles. The van der Waals surface area contributed by atoms with E-state index in [1.165, 1.54) is 37.9 Å². The topological polar surface area (TPSA) is 0 Å². The molecule has 2 rings (SSSR count). The van der Waals surface area contributed by atoms with Crippen molar-refractivity contribution in [1.82, 2.24) is 0 Å². The monoisotopic (exact) mass is 182 g/mol. The average molecular weight is 182 g/mol. The third-order valence-corrected chi connectivity index (χ3v) is 4.84. The van der Waals surface area contributed by atoms with Gasteiger partial charge in [0.05, 0.1) is 0 Å². The summed E-state index contributed by atoms with van der Waals surface area (Å²) < 4.78 is 0. The standard InChI is InChI=1S/C11H18S/c1-2-9-7-10-5-3-4-6-11(10)12-8-9/h2,10-11H,3-8H2,1H3/b9-2+. The van der Waals surface area contributed by atoms with E-state index in [0.717, 1.165) is 11.2 Å². The van der Waals surface area contributed by atoms with E-state index in [2.05, 4.69) is 24.8 Å². The molecule has 1 saturated carbocycles. The Morgan fingerprint density at radius 3 is 3.00 bits per heavy atom. The van der Waals surface area contributed by atoms with Crippen LogP contribution in [0.1, 0.15) is 39.0 Å². The van der Waals surface area contributed by atoms with E-state index in [1.54, 1.807) is 5.57 Å². The molecular weight excluding hydrogens is 164 g/mol. The van der Waals surface area contributed by atoms with Crippen LogP contribution in [0.15, 0.2) is 11.6 Å². The van der Waals surface area contributed by atoms with Crippen molar-refractivity contribution in [3.05, 3.63) is 11.6 Å². The van der Waals surface area contributed by atoms with Crippen molar-refractivity contribution in [3.8, 4) is 0 Å². The van der Waals surface area contributed by atoms with Gasteiger partial charge in [0, 0.05) is 11.0 Å². The molecule has 2 unspecified atom stereocenters. The van der Waals surface area contributed by atoms with Gasteiger partial charge in [-0.25, -0.2) is 0 Å². The molecule has 0 bridgehead atoms. The molecule has 0 aromatic rings. The van der Waals surface area contributed by atoms with Gasteiger partial charge < -0.3 is 0 Å². The second kappa shape index (κ2) is 3.87. The van der Waals surface area contributed by atoms with Crippen LogP contribution in [0.2, 0.25) is 0 Å². The molecule has 2 aliphatic rings. The highest BCUT2D eigenvalue weighted by molar-refractivity contribution is 8.00. The van der Waals surface area contributed by atoms with E-state index in [9.17, 15) is 0 Å². The Hall–Kier alpha value is 0.0900. The van der Waals surface area contributed by atoms with Crippen molar-refractivity contribution in [2.75, 3.05) is 5.75 Å². The summed E-state index contributed by atoms with van der Waals surface area (Å²) in [6.07, 6.45) is 9.70. The van der Waals surface area contributed by atoms with Gasteiger partial charge in [-0.2, -0.15) is 11.8 Å². The lowest BCUT2D eigenvalue weighted by Crippen LogP contribution is -2.26. The van der Waals surface area contributed by atoms with Crippen molar-refractivity contribution in [2.45, 2.75) is 44.3 Å². The Labute approximate surface area is 79.8 Å². The lowest BCUT2D eigenvalue weighted by atomic mass is 9.84.